The monoisotopic (exact) mass is 300 g/mol. The van der Waals surface area contributed by atoms with Crippen molar-refractivity contribution in [1.29, 1.82) is 0 Å². The Morgan fingerprint density at radius 3 is 2.64 bits per heavy atom. The van der Waals surface area contributed by atoms with E-state index in [-0.39, 0.29) is 6.10 Å². The Morgan fingerprint density at radius 1 is 1.18 bits per heavy atom. The second-order valence-corrected chi connectivity index (χ2v) is 5.91. The molecule has 2 aromatic rings. The number of benzene rings is 1. The molecule has 0 saturated carbocycles. The zero-order valence-corrected chi connectivity index (χ0v) is 12.9. The highest BCUT2D eigenvalue weighted by atomic mass is 16.3. The summed E-state index contributed by atoms with van der Waals surface area (Å²) in [5, 5.41) is 17.6. The molecule has 0 amide bonds. The smallest absolute Gasteiger partial charge is 0.0791 e. The summed E-state index contributed by atoms with van der Waals surface area (Å²) >= 11 is 0. The molecule has 1 aliphatic rings. The summed E-state index contributed by atoms with van der Waals surface area (Å²) in [4.78, 5) is 2.34. The summed E-state index contributed by atoms with van der Waals surface area (Å²) in [7, 11) is 0. The molecule has 0 bridgehead atoms. The maximum Gasteiger partial charge on any atom is 0.0791 e. The van der Waals surface area contributed by atoms with Crippen LogP contribution in [0.3, 0.4) is 0 Å². The molecule has 1 saturated heterocycles. The van der Waals surface area contributed by atoms with E-state index in [0.29, 0.717) is 6.54 Å². The predicted molar refractivity (Wildman–Crippen MR) is 87.0 cm³/mol. The van der Waals surface area contributed by atoms with Crippen molar-refractivity contribution in [3.63, 3.8) is 0 Å². The lowest BCUT2D eigenvalue weighted by Crippen LogP contribution is -2.36. The van der Waals surface area contributed by atoms with Crippen molar-refractivity contribution in [2.75, 3.05) is 26.2 Å². The van der Waals surface area contributed by atoms with Gasteiger partial charge in [-0.15, -0.1) is 0 Å². The van der Waals surface area contributed by atoms with Gasteiger partial charge in [0.2, 0.25) is 0 Å². The van der Waals surface area contributed by atoms with Gasteiger partial charge in [-0.1, -0.05) is 12.1 Å². The third-order valence-electron chi connectivity index (χ3n) is 4.08. The van der Waals surface area contributed by atoms with E-state index in [0.717, 1.165) is 31.9 Å². The van der Waals surface area contributed by atoms with E-state index in [9.17, 15) is 5.11 Å². The van der Waals surface area contributed by atoms with Gasteiger partial charge >= 0.3 is 0 Å². The minimum absolute atomic E-state index is 0.290. The molecule has 5 nitrogen and oxygen atoms in total. The molecule has 118 valence electrons. The van der Waals surface area contributed by atoms with Crippen LogP contribution in [0, 0.1) is 0 Å². The number of likely N-dealkylation sites (tertiary alicyclic amines) is 1. The average molecular weight is 300 g/mol. The van der Waals surface area contributed by atoms with Crippen LogP contribution in [0.4, 0.5) is 0 Å². The van der Waals surface area contributed by atoms with E-state index in [1.54, 1.807) is 6.20 Å². The number of nitrogens with zero attached hydrogens (tertiary/aromatic N) is 3. The van der Waals surface area contributed by atoms with Crippen LogP contribution in [0.2, 0.25) is 0 Å². The number of rotatable bonds is 7. The van der Waals surface area contributed by atoms with Crippen LogP contribution < -0.4 is 5.32 Å². The Balaban J connectivity index is 1.41. The average Bonchev–Trinajstić information content (AvgIpc) is 3.21. The highest BCUT2D eigenvalue weighted by molar-refractivity contribution is 5.33. The summed E-state index contributed by atoms with van der Waals surface area (Å²) in [5.41, 5.74) is 2.27. The van der Waals surface area contributed by atoms with Crippen LogP contribution >= 0.6 is 0 Å². The molecule has 1 aliphatic heterocycles. The maximum atomic E-state index is 10.0. The van der Waals surface area contributed by atoms with Gasteiger partial charge in [-0.2, -0.15) is 5.10 Å². The second kappa shape index (κ2) is 7.54. The SMILES string of the molecule is OC(CNCc1ccc(-n2cccn2)cc1)CN1CCCC1. The van der Waals surface area contributed by atoms with Gasteiger partial charge in [0.05, 0.1) is 11.8 Å². The first-order chi connectivity index (χ1) is 10.8. The second-order valence-electron chi connectivity index (χ2n) is 5.91. The lowest BCUT2D eigenvalue weighted by Gasteiger charge is -2.19. The third-order valence-corrected chi connectivity index (χ3v) is 4.08. The van der Waals surface area contributed by atoms with Crippen LogP contribution in [0.15, 0.2) is 42.7 Å². The fraction of sp³-hybridized carbons (Fsp3) is 0.471. The molecule has 3 rings (SSSR count). The molecule has 22 heavy (non-hydrogen) atoms. The molecule has 1 aromatic carbocycles. The molecule has 1 fully saturated rings. The molecule has 0 spiro atoms. The van der Waals surface area contributed by atoms with Gasteiger partial charge in [0.1, 0.15) is 0 Å². The number of nitrogens with one attached hydrogen (secondary N) is 1. The van der Waals surface area contributed by atoms with Gasteiger partial charge in [0.25, 0.3) is 0 Å². The van der Waals surface area contributed by atoms with Crippen LogP contribution in [-0.2, 0) is 6.54 Å². The van der Waals surface area contributed by atoms with E-state index in [4.69, 9.17) is 0 Å². The van der Waals surface area contributed by atoms with Gasteiger partial charge < -0.3 is 15.3 Å². The first kappa shape index (κ1) is 15.2. The minimum atomic E-state index is -0.290. The fourth-order valence-corrected chi connectivity index (χ4v) is 2.90. The van der Waals surface area contributed by atoms with Crippen molar-refractivity contribution < 1.29 is 5.11 Å². The van der Waals surface area contributed by atoms with Gasteiger partial charge in [-0.25, -0.2) is 4.68 Å². The molecule has 0 aliphatic carbocycles. The molecule has 1 unspecified atom stereocenters. The Morgan fingerprint density at radius 2 is 1.95 bits per heavy atom. The van der Waals surface area contributed by atoms with Crippen molar-refractivity contribution in [2.45, 2.75) is 25.5 Å². The Bertz CT molecular complexity index is 547. The van der Waals surface area contributed by atoms with E-state index in [1.165, 1.54) is 18.4 Å². The van der Waals surface area contributed by atoms with Crippen molar-refractivity contribution in [3.05, 3.63) is 48.3 Å². The van der Waals surface area contributed by atoms with Crippen LogP contribution in [0.5, 0.6) is 0 Å². The van der Waals surface area contributed by atoms with E-state index >= 15 is 0 Å². The minimum Gasteiger partial charge on any atom is -0.390 e. The molecular weight excluding hydrogens is 276 g/mol. The molecule has 2 heterocycles. The van der Waals surface area contributed by atoms with Crippen molar-refractivity contribution in [1.82, 2.24) is 20.0 Å². The Kier molecular flexibility index (Phi) is 5.21. The Labute approximate surface area is 131 Å². The van der Waals surface area contributed by atoms with Gasteiger partial charge in [-0.05, 0) is 49.7 Å². The number of aliphatic hydroxyl groups is 1. The Hall–Kier alpha value is -1.69. The summed E-state index contributed by atoms with van der Waals surface area (Å²) in [6.07, 6.45) is 5.95. The lowest BCUT2D eigenvalue weighted by molar-refractivity contribution is 0.123. The van der Waals surface area contributed by atoms with E-state index in [1.807, 2.05) is 16.9 Å². The normalized spacial score (nSPS) is 17.0. The molecule has 5 heteroatoms. The largest absolute Gasteiger partial charge is 0.390 e. The first-order valence-corrected chi connectivity index (χ1v) is 8.01. The van der Waals surface area contributed by atoms with Gasteiger partial charge in [0, 0.05) is 32.0 Å². The van der Waals surface area contributed by atoms with E-state index in [2.05, 4.69) is 39.6 Å². The highest BCUT2D eigenvalue weighted by Crippen LogP contribution is 2.09. The van der Waals surface area contributed by atoms with Gasteiger partial charge in [-0.3, -0.25) is 0 Å². The van der Waals surface area contributed by atoms with Gasteiger partial charge in [0.15, 0.2) is 0 Å². The number of hydrogen-bond acceptors (Lipinski definition) is 4. The summed E-state index contributed by atoms with van der Waals surface area (Å²) < 4.78 is 1.84. The van der Waals surface area contributed by atoms with E-state index < -0.39 is 0 Å². The van der Waals surface area contributed by atoms with Crippen LogP contribution in [0.1, 0.15) is 18.4 Å². The highest BCUT2D eigenvalue weighted by Gasteiger charge is 2.15. The summed E-state index contributed by atoms with van der Waals surface area (Å²) in [6.45, 7) is 4.46. The lowest BCUT2D eigenvalue weighted by atomic mass is 10.2. The molecule has 2 N–H and O–H groups in total. The van der Waals surface area contributed by atoms with Crippen LogP contribution in [0.25, 0.3) is 5.69 Å². The predicted octanol–water partition coefficient (Wildman–Crippen LogP) is 1.42. The van der Waals surface area contributed by atoms with Crippen LogP contribution in [-0.4, -0.2) is 52.1 Å². The van der Waals surface area contributed by atoms with Crippen molar-refractivity contribution in [2.24, 2.45) is 0 Å². The number of aliphatic hydroxyl groups excluding tert-OH is 1. The maximum absolute atomic E-state index is 10.0. The third kappa shape index (κ3) is 4.16. The molecule has 1 atom stereocenters. The topological polar surface area (TPSA) is 53.3 Å². The van der Waals surface area contributed by atoms with Crippen molar-refractivity contribution >= 4 is 0 Å². The zero-order chi connectivity index (χ0) is 15.2. The van der Waals surface area contributed by atoms with Crippen molar-refractivity contribution in [3.8, 4) is 5.69 Å². The fourth-order valence-electron chi connectivity index (χ4n) is 2.90. The molecular formula is C17H24N4O. The number of β-amino-alcohol motifs (C(OH)–C–C–N with tert-alkyl or cyclic N) is 1. The quantitative estimate of drug-likeness (QED) is 0.812. The summed E-state index contributed by atoms with van der Waals surface area (Å²) in [5.74, 6) is 0. The first-order valence-electron chi connectivity index (χ1n) is 8.01. The number of aromatic nitrogens is 2. The summed E-state index contributed by atoms with van der Waals surface area (Å²) in [6, 6.07) is 10.2. The standard InChI is InChI=1S/C17H24N4O/c22-17(14-20-9-1-2-10-20)13-18-12-15-4-6-16(7-5-15)21-11-3-8-19-21/h3-8,11,17-18,22H,1-2,9-10,12-14H2. The number of hydrogen-bond donors (Lipinski definition) is 2. The zero-order valence-electron chi connectivity index (χ0n) is 12.9. The molecule has 0 radical (unpaired) electrons. The molecule has 1 aromatic heterocycles.